The number of nitrogens with two attached hydrogens (primary N) is 1. The normalized spacial score (nSPS) is 18.1. The lowest BCUT2D eigenvalue weighted by atomic mass is 9.82. The predicted molar refractivity (Wildman–Crippen MR) is 66.6 cm³/mol. The molecule has 0 aromatic carbocycles. The molecule has 4 heteroatoms. The SMILES string of the molecule is CCC(CC)(CN)C(=O)OCC1CCOCC1. The van der Waals surface area contributed by atoms with E-state index in [0.29, 0.717) is 19.1 Å². The van der Waals surface area contributed by atoms with Crippen LogP contribution in [0.25, 0.3) is 0 Å². The summed E-state index contributed by atoms with van der Waals surface area (Å²) < 4.78 is 10.7. The maximum atomic E-state index is 12.1. The van der Waals surface area contributed by atoms with Crippen LogP contribution >= 0.6 is 0 Å². The maximum absolute atomic E-state index is 12.1. The Balaban J connectivity index is 2.41. The van der Waals surface area contributed by atoms with Crippen molar-refractivity contribution in [2.45, 2.75) is 39.5 Å². The number of hydrogen-bond donors (Lipinski definition) is 1. The second kappa shape index (κ2) is 6.97. The molecule has 1 fully saturated rings. The van der Waals surface area contributed by atoms with Gasteiger partial charge in [0.25, 0.3) is 0 Å². The first kappa shape index (κ1) is 14.5. The average Bonchev–Trinajstić information content (AvgIpc) is 2.40. The highest BCUT2D eigenvalue weighted by molar-refractivity contribution is 5.77. The van der Waals surface area contributed by atoms with Crippen LogP contribution in [0.3, 0.4) is 0 Å². The van der Waals surface area contributed by atoms with Gasteiger partial charge in [-0.05, 0) is 31.6 Å². The molecule has 0 radical (unpaired) electrons. The van der Waals surface area contributed by atoms with Crippen molar-refractivity contribution in [2.24, 2.45) is 17.1 Å². The fraction of sp³-hybridized carbons (Fsp3) is 0.923. The van der Waals surface area contributed by atoms with Crippen molar-refractivity contribution in [1.82, 2.24) is 0 Å². The number of hydrogen-bond acceptors (Lipinski definition) is 4. The van der Waals surface area contributed by atoms with Crippen molar-refractivity contribution in [1.29, 1.82) is 0 Å². The Labute approximate surface area is 104 Å². The molecule has 1 saturated heterocycles. The molecule has 1 aliphatic heterocycles. The summed E-state index contributed by atoms with van der Waals surface area (Å²) in [5.74, 6) is 0.327. The molecule has 2 N–H and O–H groups in total. The molecular formula is C13H25NO3. The van der Waals surface area contributed by atoms with E-state index in [2.05, 4.69) is 0 Å². The van der Waals surface area contributed by atoms with Gasteiger partial charge in [-0.2, -0.15) is 0 Å². The summed E-state index contributed by atoms with van der Waals surface area (Å²) in [5, 5.41) is 0. The molecule has 0 aromatic rings. The topological polar surface area (TPSA) is 61.6 Å². The minimum absolute atomic E-state index is 0.128. The lowest BCUT2D eigenvalue weighted by molar-refractivity contribution is -0.158. The van der Waals surface area contributed by atoms with Gasteiger partial charge in [0.15, 0.2) is 0 Å². The molecule has 0 bridgehead atoms. The van der Waals surface area contributed by atoms with Crippen LogP contribution in [-0.2, 0) is 14.3 Å². The molecule has 0 atom stereocenters. The van der Waals surface area contributed by atoms with E-state index in [1.807, 2.05) is 13.8 Å². The van der Waals surface area contributed by atoms with Crippen molar-refractivity contribution in [2.75, 3.05) is 26.4 Å². The first-order chi connectivity index (χ1) is 8.18. The fourth-order valence-corrected chi connectivity index (χ4v) is 2.17. The van der Waals surface area contributed by atoms with Crippen LogP contribution in [-0.4, -0.2) is 32.3 Å². The van der Waals surface area contributed by atoms with Gasteiger partial charge in [-0.15, -0.1) is 0 Å². The van der Waals surface area contributed by atoms with Gasteiger partial charge >= 0.3 is 5.97 Å². The van der Waals surface area contributed by atoms with Crippen molar-refractivity contribution in [3.05, 3.63) is 0 Å². The van der Waals surface area contributed by atoms with Crippen LogP contribution in [0.4, 0.5) is 0 Å². The summed E-state index contributed by atoms with van der Waals surface area (Å²) in [5.41, 5.74) is 5.24. The van der Waals surface area contributed by atoms with Gasteiger partial charge in [0.1, 0.15) is 0 Å². The highest BCUT2D eigenvalue weighted by Gasteiger charge is 2.35. The number of ether oxygens (including phenoxy) is 2. The summed E-state index contributed by atoms with van der Waals surface area (Å²) in [4.78, 5) is 12.1. The Hall–Kier alpha value is -0.610. The van der Waals surface area contributed by atoms with Crippen LogP contribution in [0, 0.1) is 11.3 Å². The zero-order valence-electron chi connectivity index (χ0n) is 11.0. The van der Waals surface area contributed by atoms with Gasteiger partial charge in [0, 0.05) is 19.8 Å². The van der Waals surface area contributed by atoms with E-state index in [1.54, 1.807) is 0 Å². The van der Waals surface area contributed by atoms with Crippen molar-refractivity contribution in [3.63, 3.8) is 0 Å². The van der Waals surface area contributed by atoms with E-state index in [-0.39, 0.29) is 5.97 Å². The van der Waals surface area contributed by atoms with Gasteiger partial charge in [0.2, 0.25) is 0 Å². The molecule has 0 unspecified atom stereocenters. The Bertz CT molecular complexity index is 225. The Morgan fingerprint density at radius 3 is 2.41 bits per heavy atom. The lowest BCUT2D eigenvalue weighted by Crippen LogP contribution is -2.39. The van der Waals surface area contributed by atoms with E-state index in [4.69, 9.17) is 15.2 Å². The maximum Gasteiger partial charge on any atom is 0.313 e. The lowest BCUT2D eigenvalue weighted by Gasteiger charge is -2.29. The van der Waals surface area contributed by atoms with E-state index in [9.17, 15) is 4.79 Å². The largest absolute Gasteiger partial charge is 0.465 e. The predicted octanol–water partition coefficient (Wildman–Crippen LogP) is 1.72. The van der Waals surface area contributed by atoms with Gasteiger partial charge in [-0.25, -0.2) is 0 Å². The van der Waals surface area contributed by atoms with Gasteiger partial charge in [-0.1, -0.05) is 13.8 Å². The standard InChI is InChI=1S/C13H25NO3/c1-3-13(4-2,10-14)12(15)17-9-11-5-7-16-8-6-11/h11H,3-10,14H2,1-2H3. The molecule has 1 rings (SSSR count). The molecule has 0 saturated carbocycles. The van der Waals surface area contributed by atoms with E-state index in [1.165, 1.54) is 0 Å². The van der Waals surface area contributed by atoms with Gasteiger partial charge in [0.05, 0.1) is 12.0 Å². The minimum Gasteiger partial charge on any atom is -0.465 e. The minimum atomic E-state index is -0.481. The van der Waals surface area contributed by atoms with Crippen molar-refractivity contribution >= 4 is 5.97 Å². The van der Waals surface area contributed by atoms with E-state index in [0.717, 1.165) is 38.9 Å². The van der Waals surface area contributed by atoms with Gasteiger partial charge < -0.3 is 15.2 Å². The van der Waals surface area contributed by atoms with Crippen LogP contribution < -0.4 is 5.73 Å². The zero-order chi connectivity index (χ0) is 12.7. The molecule has 1 heterocycles. The molecule has 0 spiro atoms. The summed E-state index contributed by atoms with van der Waals surface area (Å²) in [6, 6.07) is 0. The second-order valence-corrected chi connectivity index (χ2v) is 4.85. The van der Waals surface area contributed by atoms with E-state index >= 15 is 0 Å². The first-order valence-corrected chi connectivity index (χ1v) is 6.63. The summed E-state index contributed by atoms with van der Waals surface area (Å²) in [6.07, 6.45) is 3.46. The quantitative estimate of drug-likeness (QED) is 0.722. The summed E-state index contributed by atoms with van der Waals surface area (Å²) in [6.45, 7) is 6.44. The summed E-state index contributed by atoms with van der Waals surface area (Å²) >= 11 is 0. The average molecular weight is 243 g/mol. The van der Waals surface area contributed by atoms with Crippen molar-refractivity contribution < 1.29 is 14.3 Å². The molecule has 0 amide bonds. The van der Waals surface area contributed by atoms with Crippen LogP contribution in [0.1, 0.15) is 39.5 Å². The van der Waals surface area contributed by atoms with Crippen LogP contribution in [0.2, 0.25) is 0 Å². The number of esters is 1. The monoisotopic (exact) mass is 243 g/mol. The van der Waals surface area contributed by atoms with Gasteiger partial charge in [-0.3, -0.25) is 4.79 Å². The van der Waals surface area contributed by atoms with Crippen LogP contribution in [0.5, 0.6) is 0 Å². The number of carbonyl (C=O) groups is 1. The second-order valence-electron chi connectivity index (χ2n) is 4.85. The third-order valence-electron chi connectivity index (χ3n) is 3.97. The molecule has 0 aliphatic carbocycles. The molecular weight excluding hydrogens is 218 g/mol. The number of rotatable bonds is 6. The third kappa shape index (κ3) is 3.68. The van der Waals surface area contributed by atoms with Crippen LogP contribution in [0.15, 0.2) is 0 Å². The number of carbonyl (C=O) groups excluding carboxylic acids is 1. The Morgan fingerprint density at radius 2 is 1.94 bits per heavy atom. The first-order valence-electron chi connectivity index (χ1n) is 6.63. The Morgan fingerprint density at radius 1 is 1.35 bits per heavy atom. The Kier molecular flexibility index (Phi) is 5.92. The molecule has 4 nitrogen and oxygen atoms in total. The zero-order valence-corrected chi connectivity index (χ0v) is 11.0. The molecule has 0 aromatic heterocycles. The molecule has 100 valence electrons. The highest BCUT2D eigenvalue weighted by atomic mass is 16.5. The molecule has 17 heavy (non-hydrogen) atoms. The van der Waals surface area contributed by atoms with E-state index < -0.39 is 5.41 Å². The highest BCUT2D eigenvalue weighted by Crippen LogP contribution is 2.27. The smallest absolute Gasteiger partial charge is 0.313 e. The summed E-state index contributed by atoms with van der Waals surface area (Å²) in [7, 11) is 0. The van der Waals surface area contributed by atoms with Crippen molar-refractivity contribution in [3.8, 4) is 0 Å². The third-order valence-corrected chi connectivity index (χ3v) is 3.97. The molecule has 1 aliphatic rings. The fourth-order valence-electron chi connectivity index (χ4n) is 2.17.